The Bertz CT molecular complexity index is 314. The van der Waals surface area contributed by atoms with Crippen molar-refractivity contribution < 1.29 is 17.6 Å². The van der Waals surface area contributed by atoms with Crippen molar-refractivity contribution in [2.24, 2.45) is 5.73 Å². The summed E-state index contributed by atoms with van der Waals surface area (Å²) < 4.78 is 49.4. The first-order valence-corrected chi connectivity index (χ1v) is 3.39. The monoisotopic (exact) mass is 194 g/mol. The van der Waals surface area contributed by atoms with Crippen LogP contribution in [0.25, 0.3) is 0 Å². The summed E-state index contributed by atoms with van der Waals surface area (Å²) in [5.74, 6) is -2.47. The number of rotatable bonds is 2. The molecule has 6 heteroatoms. The van der Waals surface area contributed by atoms with Crippen molar-refractivity contribution >= 4 is 0 Å². The van der Waals surface area contributed by atoms with Crippen molar-refractivity contribution in [3.8, 4) is 0 Å². The molecule has 0 unspecified atom stereocenters. The fourth-order valence-corrected chi connectivity index (χ4v) is 0.927. The summed E-state index contributed by atoms with van der Waals surface area (Å²) in [5, 5.41) is 0. The van der Waals surface area contributed by atoms with Crippen molar-refractivity contribution in [2.75, 3.05) is 0 Å². The fraction of sp³-hybridized carbons (Fsp3) is 0.286. The van der Waals surface area contributed by atoms with E-state index in [-0.39, 0.29) is 0 Å². The van der Waals surface area contributed by atoms with Gasteiger partial charge >= 0.3 is 0 Å². The summed E-state index contributed by atoms with van der Waals surface area (Å²) in [7, 11) is 0. The van der Waals surface area contributed by atoms with Crippen LogP contribution in [0.5, 0.6) is 0 Å². The van der Waals surface area contributed by atoms with Crippen molar-refractivity contribution in [3.05, 3.63) is 29.1 Å². The van der Waals surface area contributed by atoms with Crippen LogP contribution in [0, 0.1) is 11.8 Å². The minimum Gasteiger partial charge on any atom is -0.325 e. The second-order valence-corrected chi connectivity index (χ2v) is 2.29. The Kier molecular flexibility index (Phi) is 2.82. The quantitative estimate of drug-likeness (QED) is 0.575. The Morgan fingerprint density at radius 1 is 1.38 bits per heavy atom. The Morgan fingerprint density at radius 3 is 2.46 bits per heavy atom. The number of hydrogen-bond acceptors (Lipinski definition) is 2. The van der Waals surface area contributed by atoms with Gasteiger partial charge in [0.1, 0.15) is 5.82 Å². The molecule has 0 bridgehead atoms. The van der Waals surface area contributed by atoms with Gasteiger partial charge in [-0.3, -0.25) is 0 Å². The van der Waals surface area contributed by atoms with E-state index in [0.29, 0.717) is 6.07 Å². The SMILES string of the molecule is NCc1nc(F)cc(F)c1C(F)F. The number of pyridine rings is 1. The Morgan fingerprint density at radius 2 is 2.00 bits per heavy atom. The molecular weight excluding hydrogens is 188 g/mol. The van der Waals surface area contributed by atoms with Crippen molar-refractivity contribution in [1.82, 2.24) is 4.98 Å². The van der Waals surface area contributed by atoms with Gasteiger partial charge in [0.2, 0.25) is 5.95 Å². The molecule has 0 aromatic carbocycles. The summed E-state index contributed by atoms with van der Waals surface area (Å²) in [6.07, 6.45) is -3.04. The van der Waals surface area contributed by atoms with Crippen LogP contribution in [0.1, 0.15) is 17.7 Å². The van der Waals surface area contributed by atoms with E-state index in [4.69, 9.17) is 5.73 Å². The largest absolute Gasteiger partial charge is 0.325 e. The zero-order valence-corrected chi connectivity index (χ0v) is 6.40. The highest BCUT2D eigenvalue weighted by Gasteiger charge is 2.20. The topological polar surface area (TPSA) is 38.9 Å². The molecule has 2 nitrogen and oxygen atoms in total. The molecule has 0 radical (unpaired) electrons. The van der Waals surface area contributed by atoms with Crippen molar-refractivity contribution in [1.29, 1.82) is 0 Å². The zero-order chi connectivity index (χ0) is 10.0. The van der Waals surface area contributed by atoms with Gasteiger partial charge in [-0.2, -0.15) is 4.39 Å². The molecule has 0 saturated heterocycles. The first-order valence-electron chi connectivity index (χ1n) is 3.39. The van der Waals surface area contributed by atoms with Gasteiger partial charge in [-0.05, 0) is 0 Å². The molecule has 1 aromatic rings. The average molecular weight is 194 g/mol. The van der Waals surface area contributed by atoms with Crippen LogP contribution in [-0.4, -0.2) is 4.98 Å². The molecule has 1 heterocycles. The normalized spacial score (nSPS) is 10.9. The number of hydrogen-bond donors (Lipinski definition) is 1. The van der Waals surface area contributed by atoms with E-state index in [1.807, 2.05) is 0 Å². The van der Waals surface area contributed by atoms with E-state index in [9.17, 15) is 17.6 Å². The van der Waals surface area contributed by atoms with Crippen molar-refractivity contribution in [2.45, 2.75) is 13.0 Å². The lowest BCUT2D eigenvalue weighted by molar-refractivity contribution is 0.144. The van der Waals surface area contributed by atoms with Crippen LogP contribution in [-0.2, 0) is 6.54 Å². The zero-order valence-electron chi connectivity index (χ0n) is 6.40. The molecular formula is C7H6F4N2. The summed E-state index contributed by atoms with van der Waals surface area (Å²) in [4.78, 5) is 3.06. The number of nitrogens with two attached hydrogens (primary N) is 1. The Hall–Kier alpha value is -1.17. The highest BCUT2D eigenvalue weighted by atomic mass is 19.3. The Labute approximate surface area is 71.4 Å². The molecule has 0 fully saturated rings. The second kappa shape index (κ2) is 3.69. The van der Waals surface area contributed by atoms with Crippen LogP contribution in [0.15, 0.2) is 6.07 Å². The highest BCUT2D eigenvalue weighted by Crippen LogP contribution is 2.24. The van der Waals surface area contributed by atoms with Gasteiger partial charge in [0.15, 0.2) is 0 Å². The first kappa shape index (κ1) is 9.91. The van der Waals surface area contributed by atoms with E-state index in [1.54, 1.807) is 0 Å². The van der Waals surface area contributed by atoms with Crippen LogP contribution in [0.3, 0.4) is 0 Å². The van der Waals surface area contributed by atoms with E-state index >= 15 is 0 Å². The fourth-order valence-electron chi connectivity index (χ4n) is 0.927. The summed E-state index contributed by atoms with van der Waals surface area (Å²) in [5.41, 5.74) is 3.62. The average Bonchev–Trinajstić information content (AvgIpc) is 2.01. The number of halogens is 4. The third-order valence-electron chi connectivity index (χ3n) is 1.47. The van der Waals surface area contributed by atoms with Gasteiger partial charge in [-0.15, -0.1) is 0 Å². The standard InChI is InChI=1S/C7H6F4N2/c8-3-1-5(9)13-4(2-12)6(3)7(10)11/h1,7H,2,12H2. The smallest absolute Gasteiger partial charge is 0.268 e. The number of alkyl halides is 2. The molecule has 1 aromatic heterocycles. The van der Waals surface area contributed by atoms with E-state index in [0.717, 1.165) is 0 Å². The van der Waals surface area contributed by atoms with E-state index in [2.05, 4.69) is 4.98 Å². The third kappa shape index (κ3) is 1.95. The molecule has 0 atom stereocenters. The van der Waals surface area contributed by atoms with Gasteiger partial charge < -0.3 is 5.73 Å². The molecule has 13 heavy (non-hydrogen) atoms. The van der Waals surface area contributed by atoms with Gasteiger partial charge in [0.25, 0.3) is 6.43 Å². The molecule has 0 amide bonds. The molecule has 0 saturated carbocycles. The van der Waals surface area contributed by atoms with Gasteiger partial charge in [-0.1, -0.05) is 0 Å². The molecule has 72 valence electrons. The summed E-state index contributed by atoms with van der Waals surface area (Å²) in [6, 6.07) is 0.306. The lowest BCUT2D eigenvalue weighted by Crippen LogP contribution is -2.09. The Balaban J connectivity index is 3.30. The van der Waals surface area contributed by atoms with E-state index < -0.39 is 36.0 Å². The third-order valence-corrected chi connectivity index (χ3v) is 1.47. The summed E-state index contributed by atoms with van der Waals surface area (Å²) in [6.45, 7) is -0.422. The van der Waals surface area contributed by atoms with Crippen LogP contribution in [0.2, 0.25) is 0 Å². The first-order chi connectivity index (χ1) is 6.06. The minimum atomic E-state index is -3.04. The molecule has 1 rings (SSSR count). The lowest BCUT2D eigenvalue weighted by atomic mass is 10.2. The van der Waals surface area contributed by atoms with Crippen molar-refractivity contribution in [3.63, 3.8) is 0 Å². The minimum absolute atomic E-state index is 0.306. The van der Waals surface area contributed by atoms with Gasteiger partial charge in [-0.25, -0.2) is 18.2 Å². The predicted molar refractivity (Wildman–Crippen MR) is 37.0 cm³/mol. The molecule has 0 aliphatic carbocycles. The molecule has 0 aliphatic rings. The highest BCUT2D eigenvalue weighted by molar-refractivity contribution is 5.23. The molecule has 0 spiro atoms. The molecule has 0 aliphatic heterocycles. The molecule has 2 N–H and O–H groups in total. The maximum absolute atomic E-state index is 12.7. The lowest BCUT2D eigenvalue weighted by Gasteiger charge is -2.06. The maximum atomic E-state index is 12.7. The van der Waals surface area contributed by atoms with E-state index in [1.165, 1.54) is 0 Å². The van der Waals surface area contributed by atoms with Crippen LogP contribution in [0.4, 0.5) is 17.6 Å². The predicted octanol–water partition coefficient (Wildman–Crippen LogP) is 1.76. The summed E-state index contributed by atoms with van der Waals surface area (Å²) >= 11 is 0. The van der Waals surface area contributed by atoms with Crippen LogP contribution >= 0.6 is 0 Å². The van der Waals surface area contributed by atoms with Gasteiger partial charge in [0, 0.05) is 12.6 Å². The number of aromatic nitrogens is 1. The van der Waals surface area contributed by atoms with Gasteiger partial charge in [0.05, 0.1) is 11.3 Å². The number of nitrogens with zero attached hydrogens (tertiary/aromatic N) is 1. The maximum Gasteiger partial charge on any atom is 0.268 e. The van der Waals surface area contributed by atoms with Crippen LogP contribution < -0.4 is 5.73 Å². The second-order valence-electron chi connectivity index (χ2n) is 2.29.